The molecule has 0 bridgehead atoms. The van der Waals surface area contributed by atoms with Crippen LogP contribution >= 0.6 is 22.6 Å². The number of ether oxygens (including phenoxy) is 2. The lowest BCUT2D eigenvalue weighted by molar-refractivity contribution is 0.355. The second kappa shape index (κ2) is 6.44. The topological polar surface area (TPSA) is 31.6 Å². The minimum Gasteiger partial charge on any atom is -0.493 e. The summed E-state index contributed by atoms with van der Waals surface area (Å²) in [7, 11) is 3.26. The van der Waals surface area contributed by atoms with Crippen LogP contribution in [0.25, 0.3) is 23.1 Å². The van der Waals surface area contributed by atoms with E-state index in [0.717, 1.165) is 28.0 Å². The molecule has 0 radical (unpaired) electrons. The smallest absolute Gasteiger partial charge is 0.161 e. The SMILES string of the molecule is COc1ccc(/C=C/c2cc3cc(I)ccc3o2)cc1OC. The third-order valence-corrected chi connectivity index (χ3v) is 4.02. The van der Waals surface area contributed by atoms with E-state index in [9.17, 15) is 0 Å². The first-order valence-corrected chi connectivity index (χ1v) is 7.86. The summed E-state index contributed by atoms with van der Waals surface area (Å²) in [5.74, 6) is 2.26. The average Bonchev–Trinajstić information content (AvgIpc) is 2.94. The van der Waals surface area contributed by atoms with Crippen LogP contribution in [0.1, 0.15) is 11.3 Å². The molecule has 0 saturated heterocycles. The molecule has 3 aromatic rings. The highest BCUT2D eigenvalue weighted by atomic mass is 127. The van der Waals surface area contributed by atoms with E-state index in [2.05, 4.69) is 28.7 Å². The Bertz CT molecular complexity index is 833. The van der Waals surface area contributed by atoms with Crippen LogP contribution in [0.5, 0.6) is 11.5 Å². The number of methoxy groups -OCH3 is 2. The van der Waals surface area contributed by atoms with E-state index in [1.54, 1.807) is 14.2 Å². The van der Waals surface area contributed by atoms with Gasteiger partial charge in [-0.05, 0) is 70.6 Å². The van der Waals surface area contributed by atoms with E-state index in [1.165, 1.54) is 3.57 Å². The van der Waals surface area contributed by atoms with Crippen LogP contribution in [-0.4, -0.2) is 14.2 Å². The van der Waals surface area contributed by atoms with Gasteiger partial charge in [-0.15, -0.1) is 0 Å². The van der Waals surface area contributed by atoms with E-state index < -0.39 is 0 Å². The Morgan fingerprint density at radius 2 is 1.73 bits per heavy atom. The zero-order valence-corrected chi connectivity index (χ0v) is 14.5. The maximum Gasteiger partial charge on any atom is 0.161 e. The van der Waals surface area contributed by atoms with Gasteiger partial charge in [0.1, 0.15) is 11.3 Å². The molecule has 0 unspecified atom stereocenters. The third kappa shape index (κ3) is 3.11. The molecule has 0 spiro atoms. The lowest BCUT2D eigenvalue weighted by Crippen LogP contribution is -1.90. The molecule has 2 aromatic carbocycles. The van der Waals surface area contributed by atoms with Gasteiger partial charge < -0.3 is 13.9 Å². The molecule has 0 aliphatic rings. The van der Waals surface area contributed by atoms with E-state index >= 15 is 0 Å². The molecule has 22 heavy (non-hydrogen) atoms. The fraction of sp³-hybridized carbons (Fsp3) is 0.111. The van der Waals surface area contributed by atoms with Crippen LogP contribution in [0.2, 0.25) is 0 Å². The molecule has 4 heteroatoms. The molecule has 0 atom stereocenters. The first-order chi connectivity index (χ1) is 10.7. The van der Waals surface area contributed by atoms with Crippen molar-refractivity contribution in [3.8, 4) is 11.5 Å². The molecule has 3 nitrogen and oxygen atoms in total. The number of halogens is 1. The van der Waals surface area contributed by atoms with Crippen molar-refractivity contribution in [2.75, 3.05) is 14.2 Å². The maximum absolute atomic E-state index is 5.80. The molecule has 0 N–H and O–H groups in total. The van der Waals surface area contributed by atoms with Crippen LogP contribution in [0, 0.1) is 3.57 Å². The first kappa shape index (κ1) is 15.0. The summed E-state index contributed by atoms with van der Waals surface area (Å²) >= 11 is 2.30. The van der Waals surface area contributed by atoms with Crippen molar-refractivity contribution >= 4 is 45.7 Å². The number of rotatable bonds is 4. The van der Waals surface area contributed by atoms with Gasteiger partial charge in [-0.3, -0.25) is 0 Å². The lowest BCUT2D eigenvalue weighted by atomic mass is 10.1. The Hall–Kier alpha value is -1.95. The zero-order valence-electron chi connectivity index (χ0n) is 12.3. The Balaban J connectivity index is 1.89. The Morgan fingerprint density at radius 1 is 0.909 bits per heavy atom. The molecular formula is C18H15IO3. The van der Waals surface area contributed by atoms with Crippen LogP contribution < -0.4 is 9.47 Å². The van der Waals surface area contributed by atoms with Gasteiger partial charge in [-0.25, -0.2) is 0 Å². The van der Waals surface area contributed by atoms with Gasteiger partial charge in [0.25, 0.3) is 0 Å². The highest BCUT2D eigenvalue weighted by molar-refractivity contribution is 14.1. The summed E-state index contributed by atoms with van der Waals surface area (Å²) in [6.45, 7) is 0. The molecule has 0 aliphatic carbocycles. The predicted octanol–water partition coefficient (Wildman–Crippen LogP) is 5.23. The van der Waals surface area contributed by atoms with Gasteiger partial charge in [-0.1, -0.05) is 12.1 Å². The van der Waals surface area contributed by atoms with Crippen molar-refractivity contribution in [2.45, 2.75) is 0 Å². The van der Waals surface area contributed by atoms with Crippen molar-refractivity contribution < 1.29 is 13.9 Å². The van der Waals surface area contributed by atoms with Crippen LogP contribution in [0.3, 0.4) is 0 Å². The fourth-order valence-corrected chi connectivity index (χ4v) is 2.77. The maximum atomic E-state index is 5.80. The van der Waals surface area contributed by atoms with Gasteiger partial charge in [0.05, 0.1) is 14.2 Å². The summed E-state index contributed by atoms with van der Waals surface area (Å²) in [6, 6.07) is 14.0. The van der Waals surface area contributed by atoms with Crippen molar-refractivity contribution in [2.24, 2.45) is 0 Å². The molecule has 0 amide bonds. The number of furan rings is 1. The normalized spacial score (nSPS) is 11.2. The van der Waals surface area contributed by atoms with Crippen LogP contribution in [0.4, 0.5) is 0 Å². The fourth-order valence-electron chi connectivity index (χ4n) is 2.25. The Labute approximate surface area is 142 Å². The highest BCUT2D eigenvalue weighted by Crippen LogP contribution is 2.29. The second-order valence-corrected chi connectivity index (χ2v) is 6.02. The van der Waals surface area contributed by atoms with Crippen molar-refractivity contribution in [3.05, 3.63) is 57.4 Å². The van der Waals surface area contributed by atoms with Crippen LogP contribution in [-0.2, 0) is 0 Å². The minimum atomic E-state index is 0.712. The van der Waals surface area contributed by atoms with Crippen molar-refractivity contribution in [3.63, 3.8) is 0 Å². The van der Waals surface area contributed by atoms with E-state index in [4.69, 9.17) is 13.9 Å². The molecule has 112 valence electrons. The quantitative estimate of drug-likeness (QED) is 0.557. The monoisotopic (exact) mass is 406 g/mol. The van der Waals surface area contributed by atoms with Gasteiger partial charge in [-0.2, -0.15) is 0 Å². The Kier molecular flexibility index (Phi) is 4.38. The van der Waals surface area contributed by atoms with E-state index in [0.29, 0.717) is 5.75 Å². The number of hydrogen-bond acceptors (Lipinski definition) is 3. The Morgan fingerprint density at radius 3 is 2.50 bits per heavy atom. The predicted molar refractivity (Wildman–Crippen MR) is 97.4 cm³/mol. The van der Waals surface area contributed by atoms with Gasteiger partial charge in [0, 0.05) is 8.96 Å². The zero-order chi connectivity index (χ0) is 15.5. The third-order valence-electron chi connectivity index (χ3n) is 3.35. The molecule has 1 aromatic heterocycles. The summed E-state index contributed by atoms with van der Waals surface area (Å²) < 4.78 is 17.5. The number of fused-ring (bicyclic) bond motifs is 1. The van der Waals surface area contributed by atoms with Crippen molar-refractivity contribution in [1.29, 1.82) is 0 Å². The largest absolute Gasteiger partial charge is 0.493 e. The van der Waals surface area contributed by atoms with Crippen molar-refractivity contribution in [1.82, 2.24) is 0 Å². The molecule has 0 fully saturated rings. The summed E-state index contributed by atoms with van der Waals surface area (Å²) in [6.07, 6.45) is 3.94. The average molecular weight is 406 g/mol. The standard InChI is InChI=1S/C18H15IO3/c1-20-17-7-4-12(9-18(17)21-2)3-6-15-11-13-10-14(19)5-8-16(13)22-15/h3-11H,1-2H3/b6-3+. The molecule has 0 saturated carbocycles. The summed E-state index contributed by atoms with van der Waals surface area (Å²) in [5.41, 5.74) is 1.92. The van der Waals surface area contributed by atoms with Gasteiger partial charge in [0.2, 0.25) is 0 Å². The van der Waals surface area contributed by atoms with E-state index in [1.807, 2.05) is 48.6 Å². The number of benzene rings is 2. The summed E-state index contributed by atoms with van der Waals surface area (Å²) in [5, 5.41) is 1.11. The lowest BCUT2D eigenvalue weighted by Gasteiger charge is -2.07. The number of hydrogen-bond donors (Lipinski definition) is 0. The minimum absolute atomic E-state index is 0.712. The molecule has 0 aliphatic heterocycles. The molecular weight excluding hydrogens is 391 g/mol. The molecule has 1 heterocycles. The first-order valence-electron chi connectivity index (χ1n) is 6.79. The second-order valence-electron chi connectivity index (χ2n) is 4.78. The highest BCUT2D eigenvalue weighted by Gasteiger charge is 2.04. The van der Waals surface area contributed by atoms with Gasteiger partial charge in [0.15, 0.2) is 11.5 Å². The van der Waals surface area contributed by atoms with Crippen LogP contribution in [0.15, 0.2) is 46.9 Å². The summed E-state index contributed by atoms with van der Waals surface area (Å²) in [4.78, 5) is 0. The van der Waals surface area contributed by atoms with Gasteiger partial charge >= 0.3 is 0 Å². The molecule has 3 rings (SSSR count). The van der Waals surface area contributed by atoms with E-state index in [-0.39, 0.29) is 0 Å².